The maximum Gasteiger partial charge on any atom is 0.262 e. The summed E-state index contributed by atoms with van der Waals surface area (Å²) in [7, 11) is 0. The van der Waals surface area contributed by atoms with E-state index in [1.165, 1.54) is 13.3 Å². The number of nitrogens with one attached hydrogen (secondary N) is 2. The van der Waals surface area contributed by atoms with Crippen LogP contribution in [0.1, 0.15) is 33.3 Å². The number of hydrogen-bond donors (Lipinski definition) is 2. The fourth-order valence-electron chi connectivity index (χ4n) is 2.12. The number of aromatic nitrogens is 2. The van der Waals surface area contributed by atoms with Crippen LogP contribution in [0.5, 0.6) is 5.88 Å². The molecule has 0 aliphatic rings. The summed E-state index contributed by atoms with van der Waals surface area (Å²) in [5.41, 5.74) is 1.92. The molecule has 0 unspecified atom stereocenters. The number of rotatable bonds is 5. The number of carbonyl (C=O) groups is 2. The first-order chi connectivity index (χ1) is 11.8. The molecule has 132 valence electrons. The van der Waals surface area contributed by atoms with Crippen LogP contribution in [0, 0.1) is 0 Å². The summed E-state index contributed by atoms with van der Waals surface area (Å²) in [6.07, 6.45) is 3.09. The van der Waals surface area contributed by atoms with Crippen molar-refractivity contribution >= 4 is 23.2 Å². The van der Waals surface area contributed by atoms with Crippen LogP contribution in [0.4, 0.5) is 11.4 Å². The smallest absolute Gasteiger partial charge is 0.262 e. The van der Waals surface area contributed by atoms with Gasteiger partial charge in [-0.25, -0.2) is 9.97 Å². The van der Waals surface area contributed by atoms with Gasteiger partial charge >= 0.3 is 0 Å². The lowest BCUT2D eigenvalue weighted by Gasteiger charge is -2.20. The van der Waals surface area contributed by atoms with Crippen LogP contribution in [0.15, 0.2) is 36.8 Å². The van der Waals surface area contributed by atoms with E-state index in [0.717, 1.165) is 5.56 Å². The molecule has 1 aromatic heterocycles. The largest absolute Gasteiger partial charge is 0.467 e. The van der Waals surface area contributed by atoms with Gasteiger partial charge in [0, 0.05) is 30.1 Å². The molecular formula is C18H22N4O3. The summed E-state index contributed by atoms with van der Waals surface area (Å²) >= 11 is 0. The Morgan fingerprint density at radius 1 is 1.08 bits per heavy atom. The van der Waals surface area contributed by atoms with Gasteiger partial charge < -0.3 is 15.4 Å². The maximum absolute atomic E-state index is 12.1. The van der Waals surface area contributed by atoms with Crippen molar-refractivity contribution in [2.45, 2.75) is 33.1 Å². The molecule has 0 bridgehead atoms. The minimum atomic E-state index is -0.300. The molecule has 0 spiro atoms. The normalized spacial score (nSPS) is 10.9. The van der Waals surface area contributed by atoms with Crippen molar-refractivity contribution in [2.75, 3.05) is 17.2 Å². The van der Waals surface area contributed by atoms with E-state index in [1.807, 2.05) is 20.8 Å². The van der Waals surface area contributed by atoms with Crippen molar-refractivity contribution in [1.29, 1.82) is 0 Å². The molecule has 0 saturated heterocycles. The Labute approximate surface area is 146 Å². The van der Waals surface area contributed by atoms with Gasteiger partial charge in [-0.2, -0.15) is 0 Å². The minimum Gasteiger partial charge on any atom is -0.467 e. The van der Waals surface area contributed by atoms with Crippen molar-refractivity contribution in [1.82, 2.24) is 9.97 Å². The third kappa shape index (κ3) is 5.56. The zero-order chi connectivity index (χ0) is 18.4. The Kier molecular flexibility index (Phi) is 5.69. The predicted molar refractivity (Wildman–Crippen MR) is 95.6 cm³/mol. The Bertz CT molecular complexity index is 752. The SMILES string of the molecule is CC(=O)Nc1ccc(NC(=O)COc2ncncc2C(C)(C)C)cc1. The average Bonchev–Trinajstić information content (AvgIpc) is 2.54. The number of anilines is 2. The van der Waals surface area contributed by atoms with Gasteiger partial charge in [-0.15, -0.1) is 0 Å². The molecule has 0 saturated carbocycles. The zero-order valence-electron chi connectivity index (χ0n) is 14.8. The molecular weight excluding hydrogens is 320 g/mol. The summed E-state index contributed by atoms with van der Waals surface area (Å²) in [5.74, 6) is -0.0471. The molecule has 25 heavy (non-hydrogen) atoms. The lowest BCUT2D eigenvalue weighted by molar-refractivity contribution is -0.118. The Morgan fingerprint density at radius 3 is 2.24 bits per heavy atom. The first kappa shape index (κ1) is 18.4. The van der Waals surface area contributed by atoms with E-state index in [2.05, 4.69) is 20.6 Å². The fourth-order valence-corrected chi connectivity index (χ4v) is 2.12. The quantitative estimate of drug-likeness (QED) is 0.871. The monoisotopic (exact) mass is 342 g/mol. The van der Waals surface area contributed by atoms with Gasteiger partial charge in [0.25, 0.3) is 5.91 Å². The third-order valence-corrected chi connectivity index (χ3v) is 3.31. The van der Waals surface area contributed by atoms with Gasteiger partial charge in [0.15, 0.2) is 6.61 Å². The number of hydrogen-bond acceptors (Lipinski definition) is 5. The second kappa shape index (κ2) is 7.74. The molecule has 2 rings (SSSR count). The minimum absolute atomic E-state index is 0.148. The van der Waals surface area contributed by atoms with Crippen LogP contribution < -0.4 is 15.4 Å². The molecule has 2 amide bonds. The summed E-state index contributed by atoms with van der Waals surface area (Å²) in [6.45, 7) is 7.35. The van der Waals surface area contributed by atoms with Crippen LogP contribution in [-0.4, -0.2) is 28.4 Å². The summed E-state index contributed by atoms with van der Waals surface area (Å²) in [6, 6.07) is 6.82. The zero-order valence-corrected chi connectivity index (χ0v) is 14.8. The molecule has 2 N–H and O–H groups in total. The molecule has 7 heteroatoms. The van der Waals surface area contributed by atoms with E-state index in [-0.39, 0.29) is 23.8 Å². The van der Waals surface area contributed by atoms with E-state index in [1.54, 1.807) is 30.5 Å². The summed E-state index contributed by atoms with van der Waals surface area (Å²) in [4.78, 5) is 31.2. The van der Waals surface area contributed by atoms with Gasteiger partial charge in [0.2, 0.25) is 11.8 Å². The third-order valence-electron chi connectivity index (χ3n) is 3.31. The Balaban J connectivity index is 1.94. The second-order valence-electron chi connectivity index (χ2n) is 6.59. The highest BCUT2D eigenvalue weighted by atomic mass is 16.5. The number of benzene rings is 1. The van der Waals surface area contributed by atoms with Gasteiger partial charge in [-0.3, -0.25) is 9.59 Å². The number of amides is 2. The molecule has 2 aromatic rings. The Hall–Kier alpha value is -2.96. The second-order valence-corrected chi connectivity index (χ2v) is 6.59. The molecule has 0 radical (unpaired) electrons. The maximum atomic E-state index is 12.1. The molecule has 0 aliphatic carbocycles. The highest BCUT2D eigenvalue weighted by Crippen LogP contribution is 2.28. The van der Waals surface area contributed by atoms with Crippen LogP contribution in [-0.2, 0) is 15.0 Å². The first-order valence-corrected chi connectivity index (χ1v) is 7.86. The molecule has 7 nitrogen and oxygen atoms in total. The molecule has 0 fully saturated rings. The van der Waals surface area contributed by atoms with E-state index in [9.17, 15) is 9.59 Å². The molecule has 0 aliphatic heterocycles. The van der Waals surface area contributed by atoms with Crippen LogP contribution in [0.3, 0.4) is 0 Å². The number of nitrogens with zero attached hydrogens (tertiary/aromatic N) is 2. The van der Waals surface area contributed by atoms with E-state index >= 15 is 0 Å². The van der Waals surface area contributed by atoms with Gasteiger partial charge in [-0.05, 0) is 29.7 Å². The topological polar surface area (TPSA) is 93.2 Å². The highest BCUT2D eigenvalue weighted by molar-refractivity contribution is 5.93. The van der Waals surface area contributed by atoms with E-state index in [0.29, 0.717) is 17.3 Å². The van der Waals surface area contributed by atoms with Crippen molar-refractivity contribution in [3.05, 3.63) is 42.4 Å². The molecule has 0 atom stereocenters. The van der Waals surface area contributed by atoms with Crippen LogP contribution in [0.25, 0.3) is 0 Å². The number of carbonyl (C=O) groups excluding carboxylic acids is 2. The van der Waals surface area contributed by atoms with Crippen molar-refractivity contribution < 1.29 is 14.3 Å². The van der Waals surface area contributed by atoms with Crippen molar-refractivity contribution in [2.24, 2.45) is 0 Å². The van der Waals surface area contributed by atoms with E-state index < -0.39 is 0 Å². The summed E-state index contributed by atoms with van der Waals surface area (Å²) in [5, 5.41) is 5.39. The van der Waals surface area contributed by atoms with Crippen LogP contribution >= 0.6 is 0 Å². The van der Waals surface area contributed by atoms with Crippen LogP contribution in [0.2, 0.25) is 0 Å². The first-order valence-electron chi connectivity index (χ1n) is 7.86. The summed E-state index contributed by atoms with van der Waals surface area (Å²) < 4.78 is 5.55. The predicted octanol–water partition coefficient (Wildman–Crippen LogP) is 2.75. The van der Waals surface area contributed by atoms with E-state index in [4.69, 9.17) is 4.74 Å². The van der Waals surface area contributed by atoms with Crippen molar-refractivity contribution in [3.8, 4) is 5.88 Å². The van der Waals surface area contributed by atoms with Gasteiger partial charge in [0.05, 0.1) is 0 Å². The molecule has 1 heterocycles. The lowest BCUT2D eigenvalue weighted by Crippen LogP contribution is -2.22. The Morgan fingerprint density at radius 2 is 1.68 bits per heavy atom. The van der Waals surface area contributed by atoms with Crippen molar-refractivity contribution in [3.63, 3.8) is 0 Å². The standard InChI is InChI=1S/C18H22N4O3/c1-12(23)21-13-5-7-14(8-6-13)22-16(24)10-25-17-15(18(2,3)4)9-19-11-20-17/h5-9,11H,10H2,1-4H3,(H,21,23)(H,22,24). The lowest BCUT2D eigenvalue weighted by atomic mass is 9.89. The number of ether oxygens (including phenoxy) is 1. The average molecular weight is 342 g/mol. The highest BCUT2D eigenvalue weighted by Gasteiger charge is 2.20. The fraction of sp³-hybridized carbons (Fsp3) is 0.333. The van der Waals surface area contributed by atoms with Gasteiger partial charge in [0.1, 0.15) is 6.33 Å². The molecule has 1 aromatic carbocycles. The van der Waals surface area contributed by atoms with Gasteiger partial charge in [-0.1, -0.05) is 20.8 Å².